The van der Waals surface area contributed by atoms with E-state index in [-0.39, 0.29) is 16.8 Å². The van der Waals surface area contributed by atoms with Crippen LogP contribution in [0, 0.1) is 11.7 Å². The van der Waals surface area contributed by atoms with Crippen molar-refractivity contribution < 1.29 is 17.5 Å². The third-order valence-electron chi connectivity index (χ3n) is 5.77. The van der Waals surface area contributed by atoms with Crippen molar-refractivity contribution in [3.63, 3.8) is 0 Å². The molecule has 1 N–H and O–H groups in total. The van der Waals surface area contributed by atoms with Crippen molar-refractivity contribution in [1.82, 2.24) is 4.72 Å². The van der Waals surface area contributed by atoms with E-state index in [9.17, 15) is 12.8 Å². The number of hydrogen-bond acceptors (Lipinski definition) is 5. The normalized spacial score (nSPS) is 20.2. The third-order valence-corrected chi connectivity index (χ3v) is 8.07. The Hall–Kier alpha value is -1.77. The first-order valence-corrected chi connectivity index (χ1v) is 13.5. The van der Waals surface area contributed by atoms with Gasteiger partial charge in [0.25, 0.3) is 0 Å². The summed E-state index contributed by atoms with van der Waals surface area (Å²) < 4.78 is 49.2. The number of hydrogen-bond donors (Lipinski definition) is 1. The van der Waals surface area contributed by atoms with E-state index in [0.29, 0.717) is 30.5 Å². The van der Waals surface area contributed by atoms with Crippen molar-refractivity contribution in [2.24, 2.45) is 5.92 Å². The lowest BCUT2D eigenvalue weighted by atomic mass is 10.1. The summed E-state index contributed by atoms with van der Waals surface area (Å²) in [6.45, 7) is 3.18. The van der Waals surface area contributed by atoms with Gasteiger partial charge in [-0.1, -0.05) is 19.8 Å². The SMILES string of the molecule is CCCC[C@H]1CN(c2ccc(F)cc2)c2cc(SC)c(OCC3CC3)cc2S(=O)(=O)N1. The second kappa shape index (κ2) is 9.38. The number of anilines is 2. The van der Waals surface area contributed by atoms with Gasteiger partial charge < -0.3 is 9.64 Å². The van der Waals surface area contributed by atoms with Gasteiger partial charge in [0.2, 0.25) is 10.0 Å². The molecule has 1 atom stereocenters. The first kappa shape index (κ1) is 22.4. The molecule has 1 saturated carbocycles. The maximum atomic E-state index is 13.6. The molecule has 0 saturated heterocycles. The molecule has 0 unspecified atom stereocenters. The van der Waals surface area contributed by atoms with Crippen molar-refractivity contribution in [3.8, 4) is 5.75 Å². The molecule has 0 radical (unpaired) electrons. The number of benzene rings is 2. The second-order valence-corrected chi connectivity index (χ2v) is 10.8. The van der Waals surface area contributed by atoms with E-state index in [1.807, 2.05) is 17.2 Å². The molecule has 1 fully saturated rings. The molecule has 1 aliphatic carbocycles. The topological polar surface area (TPSA) is 58.6 Å². The molecule has 8 heteroatoms. The predicted molar refractivity (Wildman–Crippen MR) is 123 cm³/mol. The number of nitrogens with zero attached hydrogens (tertiary/aromatic N) is 1. The summed E-state index contributed by atoms with van der Waals surface area (Å²) in [6, 6.07) is 9.53. The van der Waals surface area contributed by atoms with Crippen LogP contribution in [-0.4, -0.2) is 33.9 Å². The van der Waals surface area contributed by atoms with Crippen LogP contribution in [0.15, 0.2) is 46.2 Å². The molecular formula is C23H29FN2O3S2. The Morgan fingerprint density at radius 2 is 1.97 bits per heavy atom. The molecule has 1 heterocycles. The molecule has 31 heavy (non-hydrogen) atoms. The smallest absolute Gasteiger partial charge is 0.243 e. The number of rotatable bonds is 8. The number of ether oxygens (including phenoxy) is 1. The van der Waals surface area contributed by atoms with Gasteiger partial charge in [-0.2, -0.15) is 0 Å². The van der Waals surface area contributed by atoms with Crippen molar-refractivity contribution >= 4 is 33.2 Å². The van der Waals surface area contributed by atoms with Gasteiger partial charge in [0.1, 0.15) is 16.5 Å². The minimum absolute atomic E-state index is 0.208. The van der Waals surface area contributed by atoms with Crippen LogP contribution in [0.25, 0.3) is 0 Å². The van der Waals surface area contributed by atoms with Crippen LogP contribution in [0.1, 0.15) is 39.0 Å². The Bertz CT molecular complexity index is 1020. The highest BCUT2D eigenvalue weighted by molar-refractivity contribution is 7.98. The molecule has 0 aromatic heterocycles. The van der Waals surface area contributed by atoms with Crippen LogP contribution in [0.2, 0.25) is 0 Å². The first-order valence-electron chi connectivity index (χ1n) is 10.8. The Morgan fingerprint density at radius 1 is 1.23 bits per heavy atom. The molecule has 168 valence electrons. The largest absolute Gasteiger partial charge is 0.492 e. The predicted octanol–water partition coefficient (Wildman–Crippen LogP) is 5.33. The molecule has 1 aliphatic heterocycles. The van der Waals surface area contributed by atoms with Crippen molar-refractivity contribution in [2.75, 3.05) is 24.3 Å². The Morgan fingerprint density at radius 3 is 2.61 bits per heavy atom. The van der Waals surface area contributed by atoms with Gasteiger partial charge in [-0.3, -0.25) is 0 Å². The van der Waals surface area contributed by atoms with Crippen molar-refractivity contribution in [2.45, 2.75) is 54.9 Å². The highest BCUT2D eigenvalue weighted by Crippen LogP contribution is 2.42. The summed E-state index contributed by atoms with van der Waals surface area (Å²) in [7, 11) is -3.73. The maximum absolute atomic E-state index is 13.6. The Labute approximate surface area is 188 Å². The summed E-state index contributed by atoms with van der Waals surface area (Å²) in [5.74, 6) is 0.854. The van der Waals surface area contributed by atoms with E-state index < -0.39 is 10.0 Å². The number of halogens is 1. The number of fused-ring (bicyclic) bond motifs is 1. The minimum Gasteiger partial charge on any atom is -0.492 e. The molecule has 2 aromatic carbocycles. The molecule has 2 aromatic rings. The van der Waals surface area contributed by atoms with E-state index in [2.05, 4.69) is 11.6 Å². The molecule has 0 spiro atoms. The minimum atomic E-state index is -3.73. The molecule has 0 amide bonds. The number of unbranched alkanes of at least 4 members (excludes halogenated alkanes) is 1. The average Bonchev–Trinajstić information content (AvgIpc) is 3.59. The fourth-order valence-electron chi connectivity index (χ4n) is 3.83. The van der Waals surface area contributed by atoms with Crippen LogP contribution in [0.5, 0.6) is 5.75 Å². The summed E-state index contributed by atoms with van der Waals surface area (Å²) in [6.07, 6.45) is 6.93. The fraction of sp³-hybridized carbons (Fsp3) is 0.478. The first-order chi connectivity index (χ1) is 14.9. The van der Waals surface area contributed by atoms with Crippen LogP contribution in [0.4, 0.5) is 15.8 Å². The average molecular weight is 465 g/mol. The molecule has 2 aliphatic rings. The van der Waals surface area contributed by atoms with Gasteiger partial charge in [0.15, 0.2) is 0 Å². The standard InChI is InChI=1S/C23H29FN2O3S2/c1-3-4-5-18-14-26(19-10-8-17(24)9-11-19)20-12-22(30-2)21(29-15-16-6-7-16)13-23(20)31(27,28)25-18/h8-13,16,18,25H,3-7,14-15H2,1-2H3/t18-/m0/s1. The number of sulfonamides is 1. The van der Waals surface area contributed by atoms with E-state index in [1.54, 1.807) is 18.2 Å². The van der Waals surface area contributed by atoms with Crippen LogP contribution in [0.3, 0.4) is 0 Å². The van der Waals surface area contributed by atoms with Gasteiger partial charge >= 0.3 is 0 Å². The lowest BCUT2D eigenvalue weighted by molar-refractivity contribution is 0.292. The highest BCUT2D eigenvalue weighted by atomic mass is 32.2. The Balaban J connectivity index is 1.80. The van der Waals surface area contributed by atoms with Crippen LogP contribution < -0.4 is 14.4 Å². The number of nitrogens with one attached hydrogen (secondary N) is 1. The monoisotopic (exact) mass is 464 g/mol. The zero-order valence-corrected chi connectivity index (χ0v) is 19.6. The summed E-state index contributed by atoms with van der Waals surface area (Å²) >= 11 is 1.53. The molecule has 4 rings (SSSR count). The molecule has 5 nitrogen and oxygen atoms in total. The van der Waals surface area contributed by atoms with Gasteiger partial charge in [-0.15, -0.1) is 11.8 Å². The van der Waals surface area contributed by atoms with E-state index in [0.717, 1.165) is 42.7 Å². The number of thioether (sulfide) groups is 1. The summed E-state index contributed by atoms with van der Waals surface area (Å²) in [5, 5.41) is 0. The molecular weight excluding hydrogens is 435 g/mol. The fourth-order valence-corrected chi connectivity index (χ4v) is 5.84. The maximum Gasteiger partial charge on any atom is 0.243 e. The van der Waals surface area contributed by atoms with Gasteiger partial charge in [-0.05, 0) is 61.8 Å². The molecule has 0 bridgehead atoms. The highest BCUT2D eigenvalue weighted by Gasteiger charge is 2.33. The van der Waals surface area contributed by atoms with E-state index in [4.69, 9.17) is 4.74 Å². The summed E-state index contributed by atoms with van der Waals surface area (Å²) in [5.41, 5.74) is 1.36. The zero-order chi connectivity index (χ0) is 22.0. The summed E-state index contributed by atoms with van der Waals surface area (Å²) in [4.78, 5) is 3.09. The zero-order valence-electron chi connectivity index (χ0n) is 17.9. The van der Waals surface area contributed by atoms with Gasteiger partial charge in [0, 0.05) is 24.3 Å². The van der Waals surface area contributed by atoms with Gasteiger partial charge in [-0.25, -0.2) is 17.5 Å². The van der Waals surface area contributed by atoms with Gasteiger partial charge in [0.05, 0.1) is 17.2 Å². The quantitative estimate of drug-likeness (QED) is 0.536. The second-order valence-electron chi connectivity index (χ2n) is 8.27. The Kier molecular flexibility index (Phi) is 6.79. The van der Waals surface area contributed by atoms with Crippen molar-refractivity contribution in [1.29, 1.82) is 0 Å². The lowest BCUT2D eigenvalue weighted by Gasteiger charge is -2.28. The van der Waals surface area contributed by atoms with Crippen LogP contribution >= 0.6 is 11.8 Å². The lowest BCUT2D eigenvalue weighted by Crippen LogP contribution is -2.39. The van der Waals surface area contributed by atoms with E-state index in [1.165, 1.54) is 23.9 Å². The third kappa shape index (κ3) is 5.18. The van der Waals surface area contributed by atoms with E-state index >= 15 is 0 Å². The van der Waals surface area contributed by atoms with Crippen molar-refractivity contribution in [3.05, 3.63) is 42.2 Å². The van der Waals surface area contributed by atoms with Crippen LogP contribution in [-0.2, 0) is 10.0 Å².